The highest BCUT2D eigenvalue weighted by Gasteiger charge is 2.58. The molecule has 0 bridgehead atoms. The number of rotatable bonds is 7. The van der Waals surface area contributed by atoms with Crippen LogP contribution in [0.3, 0.4) is 0 Å². The van der Waals surface area contributed by atoms with E-state index in [1.165, 1.54) is 0 Å². The van der Waals surface area contributed by atoms with Gasteiger partial charge >= 0.3 is 6.09 Å². The SMILES string of the molecule is COc1ccc(C[C@H]2NC[C@H](O)[C@H]2OC(=O)NCCN2CCC3(C2)CC(F)(F)C3)cc1. The van der Waals surface area contributed by atoms with Gasteiger partial charge in [0, 0.05) is 39.0 Å². The van der Waals surface area contributed by atoms with E-state index in [1.54, 1.807) is 7.11 Å². The standard InChI is InChI=1S/C22H31F2N3O4/c1-30-16-4-2-15(3-5-16)10-17-19(18(28)11-26-17)31-20(29)25-7-9-27-8-6-21(14-27)12-22(23,24)13-21/h2-5,17-19,26,28H,6-14H2,1H3,(H,25,29)/t17-,18+,19+/m1/s1. The molecule has 1 aromatic carbocycles. The molecular weight excluding hydrogens is 408 g/mol. The zero-order valence-corrected chi connectivity index (χ0v) is 17.8. The number of β-amino-alcohol motifs (C(OH)–C–C–N with tert-alkyl or cyclic N) is 1. The molecule has 3 atom stereocenters. The summed E-state index contributed by atoms with van der Waals surface area (Å²) < 4.78 is 37.1. The molecule has 4 rings (SSSR count). The van der Waals surface area contributed by atoms with Crippen molar-refractivity contribution in [2.24, 2.45) is 5.41 Å². The second-order valence-electron chi connectivity index (χ2n) is 9.17. The molecule has 1 aliphatic carbocycles. The summed E-state index contributed by atoms with van der Waals surface area (Å²) in [6, 6.07) is 7.45. The van der Waals surface area contributed by atoms with Crippen LogP contribution >= 0.6 is 0 Å². The summed E-state index contributed by atoms with van der Waals surface area (Å²) in [4.78, 5) is 14.4. The van der Waals surface area contributed by atoms with Crippen molar-refractivity contribution >= 4 is 6.09 Å². The molecule has 1 saturated carbocycles. The van der Waals surface area contributed by atoms with Crippen LogP contribution in [0.5, 0.6) is 5.75 Å². The van der Waals surface area contributed by atoms with Gasteiger partial charge in [0.2, 0.25) is 5.92 Å². The number of alkyl halides is 2. The molecule has 172 valence electrons. The number of carbonyl (C=O) groups is 1. The van der Waals surface area contributed by atoms with Crippen LogP contribution in [0, 0.1) is 5.41 Å². The summed E-state index contributed by atoms with van der Waals surface area (Å²) >= 11 is 0. The van der Waals surface area contributed by atoms with Gasteiger partial charge in [0.1, 0.15) is 18.0 Å². The number of carbonyl (C=O) groups excluding carboxylic acids is 1. The van der Waals surface area contributed by atoms with E-state index in [0.29, 0.717) is 32.6 Å². The summed E-state index contributed by atoms with van der Waals surface area (Å²) in [5.74, 6) is -1.73. The Labute approximate surface area is 181 Å². The molecule has 3 aliphatic rings. The topological polar surface area (TPSA) is 83.1 Å². The van der Waals surface area contributed by atoms with Gasteiger partial charge in [-0.1, -0.05) is 12.1 Å². The first-order chi connectivity index (χ1) is 14.8. The maximum absolute atomic E-state index is 13.2. The van der Waals surface area contributed by atoms with Crippen molar-refractivity contribution < 1.29 is 28.2 Å². The number of nitrogens with zero attached hydrogens (tertiary/aromatic N) is 1. The monoisotopic (exact) mass is 439 g/mol. The quantitative estimate of drug-likeness (QED) is 0.601. The zero-order chi connectivity index (χ0) is 22.1. The fraction of sp³-hybridized carbons (Fsp3) is 0.682. The maximum Gasteiger partial charge on any atom is 0.407 e. The zero-order valence-electron chi connectivity index (χ0n) is 17.8. The van der Waals surface area contributed by atoms with E-state index >= 15 is 0 Å². The summed E-state index contributed by atoms with van der Waals surface area (Å²) in [7, 11) is 1.61. The van der Waals surface area contributed by atoms with Crippen LogP contribution in [0.25, 0.3) is 0 Å². The predicted octanol–water partition coefficient (Wildman–Crippen LogP) is 1.79. The van der Waals surface area contributed by atoms with Crippen LogP contribution < -0.4 is 15.4 Å². The minimum atomic E-state index is -2.50. The summed E-state index contributed by atoms with van der Waals surface area (Å²) in [5.41, 5.74) is 0.809. The lowest BCUT2D eigenvalue weighted by atomic mass is 9.65. The van der Waals surface area contributed by atoms with Gasteiger partial charge in [-0.05, 0) is 42.5 Å². The Hall–Kier alpha value is -1.97. The van der Waals surface area contributed by atoms with Gasteiger partial charge in [-0.2, -0.15) is 0 Å². The van der Waals surface area contributed by atoms with Crippen LogP contribution in [0.15, 0.2) is 24.3 Å². The summed E-state index contributed by atoms with van der Waals surface area (Å²) in [5, 5.41) is 16.2. The number of halogens is 2. The third-order valence-electron chi connectivity index (χ3n) is 6.70. The van der Waals surface area contributed by atoms with E-state index in [9.17, 15) is 18.7 Å². The first kappa shape index (κ1) is 22.2. The van der Waals surface area contributed by atoms with Crippen molar-refractivity contribution in [3.63, 3.8) is 0 Å². The normalized spacial score (nSPS) is 29.0. The molecule has 3 N–H and O–H groups in total. The molecule has 0 aromatic heterocycles. The van der Waals surface area contributed by atoms with Crippen LogP contribution in [0.4, 0.5) is 13.6 Å². The van der Waals surface area contributed by atoms with E-state index in [0.717, 1.165) is 24.3 Å². The molecule has 9 heteroatoms. The molecule has 1 spiro atoms. The molecule has 7 nitrogen and oxygen atoms in total. The fourth-order valence-corrected chi connectivity index (χ4v) is 5.17. The van der Waals surface area contributed by atoms with E-state index in [1.807, 2.05) is 24.3 Å². The molecule has 0 unspecified atom stereocenters. The maximum atomic E-state index is 13.2. The van der Waals surface area contributed by atoms with Crippen LogP contribution in [-0.4, -0.2) is 80.1 Å². The minimum absolute atomic E-state index is 0.0197. The second kappa shape index (κ2) is 8.88. The Balaban J connectivity index is 1.20. The van der Waals surface area contributed by atoms with E-state index in [-0.39, 0.29) is 24.3 Å². The van der Waals surface area contributed by atoms with Crippen molar-refractivity contribution in [1.29, 1.82) is 0 Å². The molecular formula is C22H31F2N3O4. The molecule has 1 amide bonds. The lowest BCUT2D eigenvalue weighted by molar-refractivity contribution is -0.155. The van der Waals surface area contributed by atoms with Crippen molar-refractivity contribution in [2.75, 3.05) is 39.8 Å². The van der Waals surface area contributed by atoms with E-state index in [4.69, 9.17) is 9.47 Å². The van der Waals surface area contributed by atoms with Crippen LogP contribution in [0.1, 0.15) is 24.8 Å². The summed E-state index contributed by atoms with van der Waals surface area (Å²) in [6.07, 6.45) is -0.625. The lowest BCUT2D eigenvalue weighted by Gasteiger charge is -2.44. The average Bonchev–Trinajstić information content (AvgIpc) is 3.26. The van der Waals surface area contributed by atoms with Crippen molar-refractivity contribution in [1.82, 2.24) is 15.5 Å². The number of amides is 1. The number of alkyl carbamates (subject to hydrolysis) is 1. The molecule has 3 fully saturated rings. The Morgan fingerprint density at radius 1 is 1.32 bits per heavy atom. The van der Waals surface area contributed by atoms with E-state index in [2.05, 4.69) is 15.5 Å². The highest BCUT2D eigenvalue weighted by atomic mass is 19.3. The Bertz CT molecular complexity index is 769. The Kier molecular flexibility index (Phi) is 6.37. The predicted molar refractivity (Wildman–Crippen MR) is 110 cm³/mol. The number of nitrogens with one attached hydrogen (secondary N) is 2. The number of methoxy groups -OCH3 is 1. The molecule has 2 saturated heterocycles. The highest BCUT2D eigenvalue weighted by molar-refractivity contribution is 5.67. The smallest absolute Gasteiger partial charge is 0.407 e. The third kappa shape index (κ3) is 5.27. The number of aliphatic hydroxyl groups is 1. The van der Waals surface area contributed by atoms with Gasteiger partial charge in [-0.15, -0.1) is 0 Å². The molecule has 31 heavy (non-hydrogen) atoms. The largest absolute Gasteiger partial charge is 0.497 e. The van der Waals surface area contributed by atoms with Crippen LogP contribution in [-0.2, 0) is 11.2 Å². The van der Waals surface area contributed by atoms with E-state index < -0.39 is 24.2 Å². The number of likely N-dealkylation sites (tertiary alicyclic amines) is 1. The highest BCUT2D eigenvalue weighted by Crippen LogP contribution is 2.56. The van der Waals surface area contributed by atoms with Gasteiger partial charge in [-0.25, -0.2) is 13.6 Å². The fourth-order valence-electron chi connectivity index (χ4n) is 5.17. The number of hydrogen-bond acceptors (Lipinski definition) is 6. The van der Waals surface area contributed by atoms with Crippen molar-refractivity contribution in [3.05, 3.63) is 29.8 Å². The van der Waals surface area contributed by atoms with Gasteiger partial charge in [0.15, 0.2) is 0 Å². The molecule has 2 aliphatic heterocycles. The molecule has 2 heterocycles. The van der Waals surface area contributed by atoms with Gasteiger partial charge in [-0.3, -0.25) is 0 Å². The molecule has 0 radical (unpaired) electrons. The van der Waals surface area contributed by atoms with Crippen molar-refractivity contribution in [2.45, 2.75) is 49.9 Å². The van der Waals surface area contributed by atoms with Gasteiger partial charge in [0.05, 0.1) is 13.2 Å². The third-order valence-corrected chi connectivity index (χ3v) is 6.70. The first-order valence-electron chi connectivity index (χ1n) is 10.9. The number of benzene rings is 1. The minimum Gasteiger partial charge on any atom is -0.497 e. The lowest BCUT2D eigenvalue weighted by Crippen LogP contribution is -2.48. The number of aliphatic hydroxyl groups excluding tert-OH is 1. The Morgan fingerprint density at radius 2 is 2.06 bits per heavy atom. The summed E-state index contributed by atoms with van der Waals surface area (Å²) in [6.45, 7) is 2.78. The average molecular weight is 440 g/mol. The second-order valence-corrected chi connectivity index (χ2v) is 9.17. The van der Waals surface area contributed by atoms with Crippen molar-refractivity contribution in [3.8, 4) is 5.75 Å². The van der Waals surface area contributed by atoms with Gasteiger partial charge < -0.3 is 30.1 Å². The van der Waals surface area contributed by atoms with Gasteiger partial charge in [0.25, 0.3) is 0 Å². The Morgan fingerprint density at radius 3 is 2.74 bits per heavy atom. The first-order valence-corrected chi connectivity index (χ1v) is 10.9. The number of ether oxygens (including phenoxy) is 2. The van der Waals surface area contributed by atoms with Crippen LogP contribution in [0.2, 0.25) is 0 Å². The number of hydrogen-bond donors (Lipinski definition) is 3. The molecule has 1 aromatic rings.